The molecule has 1 saturated heterocycles. The number of anilines is 2. The van der Waals surface area contributed by atoms with Crippen LogP contribution in [0.5, 0.6) is 0 Å². The number of aryl methyl sites for hydroxylation is 1. The molecule has 2 atom stereocenters. The van der Waals surface area contributed by atoms with E-state index in [1.807, 2.05) is 41.9 Å². The Labute approximate surface area is 261 Å². The lowest BCUT2D eigenvalue weighted by Gasteiger charge is -2.44. The molecule has 43 heavy (non-hydrogen) atoms. The zero-order valence-electron chi connectivity index (χ0n) is 24.7. The first kappa shape index (κ1) is 28.5. The van der Waals surface area contributed by atoms with Gasteiger partial charge in [-0.05, 0) is 93.4 Å². The quantitative estimate of drug-likeness (QED) is 0.209. The number of H-pyrrole nitrogens is 1. The van der Waals surface area contributed by atoms with Gasteiger partial charge in [0.1, 0.15) is 11.8 Å². The molecule has 2 aliphatic heterocycles. The van der Waals surface area contributed by atoms with Crippen molar-refractivity contribution >= 4 is 34.9 Å². The van der Waals surface area contributed by atoms with Gasteiger partial charge >= 0.3 is 0 Å². The van der Waals surface area contributed by atoms with Crippen molar-refractivity contribution in [3.63, 3.8) is 0 Å². The third-order valence-electron chi connectivity index (χ3n) is 8.86. The number of benzene rings is 2. The number of ether oxygens (including phenoxy) is 1. The first-order chi connectivity index (χ1) is 20.9. The second kappa shape index (κ2) is 12.0. The Balaban J connectivity index is 1.11. The Kier molecular flexibility index (Phi) is 7.98. The minimum absolute atomic E-state index is 0.0586. The largest absolute Gasteiger partial charge is 0.376 e. The van der Waals surface area contributed by atoms with Gasteiger partial charge < -0.3 is 24.8 Å². The summed E-state index contributed by atoms with van der Waals surface area (Å²) in [7, 11) is 4.35. The van der Waals surface area contributed by atoms with E-state index in [9.17, 15) is 4.79 Å². The molecule has 0 bridgehead atoms. The zero-order chi connectivity index (χ0) is 29.5. The third-order valence-corrected chi connectivity index (χ3v) is 11.5. The number of hydrogen-bond acceptors (Lipinski definition) is 8. The number of nitrogens with one attached hydrogen (secondary N) is 2. The molecule has 1 aliphatic carbocycles. The second-order valence-corrected chi connectivity index (χ2v) is 14.1. The predicted octanol–water partition coefficient (Wildman–Crippen LogP) is 6.77. The maximum atomic E-state index is 12.5. The lowest BCUT2D eigenvalue weighted by molar-refractivity contribution is 0.0378. The summed E-state index contributed by atoms with van der Waals surface area (Å²) in [6, 6.07) is 22.2. The minimum atomic E-state index is -0.102. The molecule has 7 rings (SSSR count). The van der Waals surface area contributed by atoms with Crippen LogP contribution in [-0.2, 0) is 4.74 Å². The molecule has 0 amide bonds. The van der Waals surface area contributed by atoms with Gasteiger partial charge in [0.05, 0.1) is 18.3 Å². The van der Waals surface area contributed by atoms with Crippen LogP contribution in [0.25, 0.3) is 0 Å². The third kappa shape index (κ3) is 5.83. The van der Waals surface area contributed by atoms with E-state index in [1.54, 1.807) is 6.20 Å². The molecule has 3 aliphatic rings. The van der Waals surface area contributed by atoms with Gasteiger partial charge in [-0.1, -0.05) is 41.7 Å². The fourth-order valence-electron chi connectivity index (χ4n) is 6.28. The van der Waals surface area contributed by atoms with Crippen molar-refractivity contribution in [2.45, 2.75) is 57.5 Å². The van der Waals surface area contributed by atoms with Crippen molar-refractivity contribution in [3.05, 3.63) is 100 Å². The number of morpholine rings is 1. The van der Waals surface area contributed by atoms with Crippen LogP contribution in [0.4, 0.5) is 11.4 Å². The average molecular weight is 612 g/mol. The lowest BCUT2D eigenvalue weighted by Crippen LogP contribution is -2.44. The van der Waals surface area contributed by atoms with E-state index in [1.165, 1.54) is 43.6 Å². The minimum Gasteiger partial charge on any atom is -0.376 e. The first-order valence-corrected chi connectivity index (χ1v) is 16.6. The van der Waals surface area contributed by atoms with Gasteiger partial charge in [-0.15, -0.1) is 0 Å². The van der Waals surface area contributed by atoms with Crippen molar-refractivity contribution < 1.29 is 4.74 Å². The lowest BCUT2D eigenvalue weighted by atomic mass is 9.74. The van der Waals surface area contributed by atoms with E-state index in [0.717, 1.165) is 11.4 Å². The molecule has 0 spiro atoms. The number of aromatic nitrogens is 2. The summed E-state index contributed by atoms with van der Waals surface area (Å²) in [6.45, 7) is 4.02. The van der Waals surface area contributed by atoms with Gasteiger partial charge in [0.15, 0.2) is 0 Å². The molecule has 1 saturated carbocycles. The van der Waals surface area contributed by atoms with Crippen LogP contribution in [0.15, 0.2) is 97.4 Å². The SMILES string of the molecule is Cc1ccc(C(Nc2ccc3c(c2)Sc2cccc(C4CN(c5ccc[nH]c5=O)CCO4)c2S3)C2CC(N(C)C)C2)nc1. The first-order valence-electron chi connectivity index (χ1n) is 15.0. The summed E-state index contributed by atoms with van der Waals surface area (Å²) >= 11 is 3.65. The molecule has 4 aromatic rings. The smallest absolute Gasteiger partial charge is 0.271 e. The Bertz CT molecular complexity index is 1670. The highest BCUT2D eigenvalue weighted by Gasteiger charge is 2.38. The summed E-state index contributed by atoms with van der Waals surface area (Å²) in [5.74, 6) is 0.547. The number of aromatic amines is 1. The molecule has 222 valence electrons. The summed E-state index contributed by atoms with van der Waals surface area (Å²) in [6.07, 6.45) is 5.90. The van der Waals surface area contributed by atoms with E-state index >= 15 is 0 Å². The van der Waals surface area contributed by atoms with Crippen molar-refractivity contribution in [2.24, 2.45) is 5.92 Å². The topological polar surface area (TPSA) is 73.5 Å². The van der Waals surface area contributed by atoms with Crippen molar-refractivity contribution in [1.82, 2.24) is 14.9 Å². The molecule has 7 nitrogen and oxygen atoms in total. The average Bonchev–Trinajstić information content (AvgIpc) is 2.99. The summed E-state index contributed by atoms with van der Waals surface area (Å²) in [4.78, 5) is 29.6. The van der Waals surface area contributed by atoms with Crippen LogP contribution in [-0.4, -0.2) is 54.7 Å². The molecular weight excluding hydrogens is 575 g/mol. The van der Waals surface area contributed by atoms with Gasteiger partial charge in [-0.3, -0.25) is 9.78 Å². The fraction of sp³-hybridized carbons (Fsp3) is 0.353. The van der Waals surface area contributed by atoms with Crippen LogP contribution in [0.3, 0.4) is 0 Å². The summed E-state index contributed by atoms with van der Waals surface area (Å²) in [5.41, 5.74) is 5.25. The van der Waals surface area contributed by atoms with Crippen molar-refractivity contribution in [2.75, 3.05) is 44.0 Å². The molecule has 2 aromatic carbocycles. The van der Waals surface area contributed by atoms with Gasteiger partial charge in [0, 0.05) is 56.8 Å². The monoisotopic (exact) mass is 611 g/mol. The maximum absolute atomic E-state index is 12.5. The molecule has 2 fully saturated rings. The predicted molar refractivity (Wildman–Crippen MR) is 175 cm³/mol. The van der Waals surface area contributed by atoms with Crippen molar-refractivity contribution in [1.29, 1.82) is 0 Å². The number of pyridine rings is 2. The second-order valence-electron chi connectivity index (χ2n) is 12.0. The molecule has 2 N–H and O–H groups in total. The highest BCUT2D eigenvalue weighted by molar-refractivity contribution is 8.05. The Morgan fingerprint density at radius 1 is 1.05 bits per heavy atom. The van der Waals surface area contributed by atoms with Gasteiger partial charge in [-0.2, -0.15) is 0 Å². The molecule has 9 heteroatoms. The number of nitrogens with zero attached hydrogens (tertiary/aromatic N) is 3. The zero-order valence-corrected chi connectivity index (χ0v) is 26.4. The van der Waals surface area contributed by atoms with Crippen LogP contribution in [0.2, 0.25) is 0 Å². The van der Waals surface area contributed by atoms with Gasteiger partial charge in [-0.25, -0.2) is 0 Å². The Morgan fingerprint density at radius 2 is 1.93 bits per heavy atom. The fourth-order valence-corrected chi connectivity index (χ4v) is 8.73. The van der Waals surface area contributed by atoms with E-state index in [4.69, 9.17) is 9.72 Å². The normalized spacial score (nSPS) is 22.0. The molecular formula is C34H37N5O2S2. The van der Waals surface area contributed by atoms with Crippen LogP contribution >= 0.6 is 23.5 Å². The standard InChI is InChI=1S/C34H37N5O2S2/c1-21-9-11-26(36-19-21)32(22-16-24(17-22)38(2)3)37-23-10-12-29-31(18-23)42-30-8-4-6-25(33(30)43-29)28-20-39(14-15-41-28)27-7-5-13-35-34(27)40/h4-13,18-19,22,24,28,32,37H,14-17,20H2,1-3H3,(H,35,40). The van der Waals surface area contributed by atoms with Gasteiger partial charge in [0.25, 0.3) is 5.56 Å². The highest BCUT2D eigenvalue weighted by atomic mass is 32.2. The van der Waals surface area contributed by atoms with Crippen LogP contribution in [0.1, 0.15) is 41.8 Å². The highest BCUT2D eigenvalue weighted by Crippen LogP contribution is 2.52. The van der Waals surface area contributed by atoms with E-state index in [-0.39, 0.29) is 17.7 Å². The van der Waals surface area contributed by atoms with E-state index in [0.29, 0.717) is 37.3 Å². The number of rotatable bonds is 7. The number of hydrogen-bond donors (Lipinski definition) is 2. The number of fused-ring (bicyclic) bond motifs is 2. The van der Waals surface area contributed by atoms with E-state index < -0.39 is 0 Å². The van der Waals surface area contributed by atoms with Crippen LogP contribution in [0, 0.1) is 12.8 Å². The van der Waals surface area contributed by atoms with Crippen LogP contribution < -0.4 is 15.8 Å². The summed E-state index contributed by atoms with van der Waals surface area (Å²) < 4.78 is 6.29. The van der Waals surface area contributed by atoms with Gasteiger partial charge in [0.2, 0.25) is 0 Å². The van der Waals surface area contributed by atoms with Crippen molar-refractivity contribution in [3.8, 4) is 0 Å². The molecule has 2 unspecified atom stereocenters. The van der Waals surface area contributed by atoms with E-state index in [2.05, 4.69) is 89.7 Å². The molecule has 4 heterocycles. The maximum Gasteiger partial charge on any atom is 0.271 e. The molecule has 0 radical (unpaired) electrons. The Morgan fingerprint density at radius 3 is 2.72 bits per heavy atom. The Hall–Kier alpha value is -3.24. The summed E-state index contributed by atoms with van der Waals surface area (Å²) in [5, 5.41) is 3.88. The molecule has 2 aromatic heterocycles.